The van der Waals surface area contributed by atoms with Gasteiger partial charge in [-0.15, -0.1) is 21.5 Å². The van der Waals surface area contributed by atoms with Crippen LogP contribution in [0, 0.1) is 19.8 Å². The fourth-order valence-corrected chi connectivity index (χ4v) is 3.89. The Hall–Kier alpha value is -1.20. The molecular weight excluding hydrogens is 256 g/mol. The zero-order valence-electron chi connectivity index (χ0n) is 11.3. The van der Waals surface area contributed by atoms with Gasteiger partial charge in [-0.3, -0.25) is 0 Å². The number of hydrogen-bond acceptors (Lipinski definition) is 4. The Labute approximate surface area is 116 Å². The normalized spacial score (nSPS) is 22.5. The fourth-order valence-electron chi connectivity index (χ4n) is 2.86. The van der Waals surface area contributed by atoms with Gasteiger partial charge in [-0.05, 0) is 44.2 Å². The number of aromatic nitrogens is 3. The first-order valence-corrected chi connectivity index (χ1v) is 7.79. The lowest BCUT2D eigenvalue weighted by Gasteiger charge is -2.24. The Bertz CT molecular complexity index is 604. The maximum atomic E-state index is 4.47. The first-order chi connectivity index (χ1) is 9.24. The molecule has 3 heterocycles. The molecule has 2 aromatic heterocycles. The molecule has 1 aliphatic heterocycles. The number of aryl methyl sites for hydroxylation is 2. The number of fused-ring (bicyclic) bond motifs is 1. The Morgan fingerprint density at radius 1 is 1.32 bits per heavy atom. The van der Waals surface area contributed by atoms with Crippen LogP contribution in [0.2, 0.25) is 0 Å². The molecule has 1 N–H and O–H groups in total. The Kier molecular flexibility index (Phi) is 2.53. The van der Waals surface area contributed by atoms with Crippen molar-refractivity contribution >= 4 is 11.3 Å². The van der Waals surface area contributed by atoms with Crippen molar-refractivity contribution in [2.75, 3.05) is 6.54 Å². The standard InChI is InChI=1S/C14H18N4S/c1-8-7-11(19-9(8)2)13-16-17-14-12(10-3-4-10)15-5-6-18(13)14/h7,10,12,15H,3-6H2,1-2H3. The van der Waals surface area contributed by atoms with Crippen LogP contribution in [0.25, 0.3) is 10.7 Å². The van der Waals surface area contributed by atoms with Crippen LogP contribution in [0.15, 0.2) is 6.07 Å². The molecule has 2 aromatic rings. The molecule has 1 saturated carbocycles. The third-order valence-corrected chi connectivity index (χ3v) is 5.39. The largest absolute Gasteiger partial charge is 0.308 e. The van der Waals surface area contributed by atoms with Crippen LogP contribution in [0.4, 0.5) is 0 Å². The van der Waals surface area contributed by atoms with Crippen LogP contribution in [0.1, 0.15) is 35.1 Å². The van der Waals surface area contributed by atoms with E-state index in [2.05, 4.69) is 40.0 Å². The predicted octanol–water partition coefficient (Wildman–Crippen LogP) is 2.68. The van der Waals surface area contributed by atoms with Gasteiger partial charge in [-0.2, -0.15) is 0 Å². The SMILES string of the molecule is Cc1cc(-c2nnc3n2CCNC3C2CC2)sc1C. The van der Waals surface area contributed by atoms with E-state index in [9.17, 15) is 0 Å². The highest BCUT2D eigenvalue weighted by Gasteiger charge is 2.37. The second-order valence-electron chi connectivity index (χ2n) is 5.65. The van der Waals surface area contributed by atoms with E-state index in [1.807, 2.05) is 11.3 Å². The molecular formula is C14H18N4S. The molecule has 0 saturated heterocycles. The summed E-state index contributed by atoms with van der Waals surface area (Å²) in [6, 6.07) is 2.67. The Morgan fingerprint density at radius 2 is 2.16 bits per heavy atom. The van der Waals surface area contributed by atoms with E-state index in [0.717, 1.165) is 30.7 Å². The Balaban J connectivity index is 1.78. The summed E-state index contributed by atoms with van der Waals surface area (Å²) in [5.74, 6) is 2.98. The summed E-state index contributed by atoms with van der Waals surface area (Å²) < 4.78 is 2.32. The minimum Gasteiger partial charge on any atom is -0.308 e. The molecule has 4 nitrogen and oxygen atoms in total. The molecule has 100 valence electrons. The molecule has 2 aliphatic rings. The molecule has 0 amide bonds. The van der Waals surface area contributed by atoms with E-state index >= 15 is 0 Å². The minimum absolute atomic E-state index is 0.428. The van der Waals surface area contributed by atoms with Crippen LogP contribution >= 0.6 is 11.3 Å². The highest BCUT2D eigenvalue weighted by atomic mass is 32.1. The van der Waals surface area contributed by atoms with Crippen molar-refractivity contribution in [3.63, 3.8) is 0 Å². The number of hydrogen-bond donors (Lipinski definition) is 1. The third kappa shape index (κ3) is 1.83. The van der Waals surface area contributed by atoms with Gasteiger partial charge in [0.05, 0.1) is 10.9 Å². The van der Waals surface area contributed by atoms with Crippen molar-refractivity contribution in [1.82, 2.24) is 20.1 Å². The zero-order chi connectivity index (χ0) is 13.0. The van der Waals surface area contributed by atoms with Crippen LogP contribution in [0.5, 0.6) is 0 Å². The summed E-state index contributed by atoms with van der Waals surface area (Å²) in [5.41, 5.74) is 1.35. The van der Waals surface area contributed by atoms with E-state index in [1.54, 1.807) is 0 Å². The highest BCUT2D eigenvalue weighted by molar-refractivity contribution is 7.15. The average molecular weight is 274 g/mol. The quantitative estimate of drug-likeness (QED) is 0.915. The summed E-state index contributed by atoms with van der Waals surface area (Å²) >= 11 is 1.83. The molecule has 1 atom stereocenters. The van der Waals surface area contributed by atoms with Crippen LogP contribution < -0.4 is 5.32 Å². The van der Waals surface area contributed by atoms with Gasteiger partial charge in [-0.25, -0.2) is 0 Å². The van der Waals surface area contributed by atoms with Crippen LogP contribution in [-0.2, 0) is 6.54 Å². The molecule has 1 unspecified atom stereocenters. The maximum Gasteiger partial charge on any atom is 0.174 e. The maximum absolute atomic E-state index is 4.47. The van der Waals surface area contributed by atoms with Gasteiger partial charge < -0.3 is 9.88 Å². The van der Waals surface area contributed by atoms with Gasteiger partial charge in [0.15, 0.2) is 11.6 Å². The average Bonchev–Trinajstić information content (AvgIpc) is 3.07. The van der Waals surface area contributed by atoms with Crippen molar-refractivity contribution in [3.8, 4) is 10.7 Å². The zero-order valence-corrected chi connectivity index (χ0v) is 12.1. The molecule has 5 heteroatoms. The molecule has 19 heavy (non-hydrogen) atoms. The van der Waals surface area contributed by atoms with E-state index in [0.29, 0.717) is 6.04 Å². The van der Waals surface area contributed by atoms with Crippen molar-refractivity contribution in [2.24, 2.45) is 5.92 Å². The summed E-state index contributed by atoms with van der Waals surface area (Å²) in [4.78, 5) is 2.63. The first kappa shape index (κ1) is 11.6. The van der Waals surface area contributed by atoms with Gasteiger partial charge in [0, 0.05) is 18.0 Å². The van der Waals surface area contributed by atoms with E-state index in [-0.39, 0.29) is 0 Å². The van der Waals surface area contributed by atoms with E-state index < -0.39 is 0 Å². The smallest absolute Gasteiger partial charge is 0.174 e. The molecule has 0 aromatic carbocycles. The van der Waals surface area contributed by atoms with Crippen LogP contribution in [-0.4, -0.2) is 21.3 Å². The topological polar surface area (TPSA) is 42.7 Å². The molecule has 4 rings (SSSR count). The summed E-state index contributed by atoms with van der Waals surface area (Å²) in [6.07, 6.45) is 2.66. The molecule has 0 bridgehead atoms. The predicted molar refractivity (Wildman–Crippen MR) is 76.3 cm³/mol. The number of nitrogens with zero attached hydrogens (tertiary/aromatic N) is 3. The number of rotatable bonds is 2. The fraction of sp³-hybridized carbons (Fsp3) is 0.571. The lowest BCUT2D eigenvalue weighted by molar-refractivity contribution is 0.383. The summed E-state index contributed by atoms with van der Waals surface area (Å²) in [5, 5.41) is 12.5. The van der Waals surface area contributed by atoms with Crippen molar-refractivity contribution < 1.29 is 0 Å². The van der Waals surface area contributed by atoms with E-state index in [4.69, 9.17) is 0 Å². The van der Waals surface area contributed by atoms with Gasteiger partial charge in [0.2, 0.25) is 0 Å². The second-order valence-corrected chi connectivity index (χ2v) is 6.91. The number of nitrogens with one attached hydrogen (secondary N) is 1. The molecule has 0 spiro atoms. The van der Waals surface area contributed by atoms with Gasteiger partial charge in [0.1, 0.15) is 0 Å². The highest BCUT2D eigenvalue weighted by Crippen LogP contribution is 2.42. The van der Waals surface area contributed by atoms with Crippen molar-refractivity contribution in [3.05, 3.63) is 22.3 Å². The second kappa shape index (κ2) is 4.15. The first-order valence-electron chi connectivity index (χ1n) is 6.98. The van der Waals surface area contributed by atoms with Crippen molar-refractivity contribution in [1.29, 1.82) is 0 Å². The van der Waals surface area contributed by atoms with Crippen LogP contribution in [0.3, 0.4) is 0 Å². The summed E-state index contributed by atoms with van der Waals surface area (Å²) in [6.45, 7) is 6.35. The van der Waals surface area contributed by atoms with Crippen molar-refractivity contribution in [2.45, 2.75) is 39.3 Å². The lowest BCUT2D eigenvalue weighted by atomic mass is 10.1. The summed E-state index contributed by atoms with van der Waals surface area (Å²) in [7, 11) is 0. The third-order valence-electron chi connectivity index (χ3n) is 4.24. The van der Waals surface area contributed by atoms with E-state index in [1.165, 1.54) is 28.2 Å². The van der Waals surface area contributed by atoms with Gasteiger partial charge >= 0.3 is 0 Å². The molecule has 1 aliphatic carbocycles. The lowest BCUT2D eigenvalue weighted by Crippen LogP contribution is -2.35. The Morgan fingerprint density at radius 3 is 2.84 bits per heavy atom. The molecule has 1 fully saturated rings. The number of thiophene rings is 1. The monoisotopic (exact) mass is 274 g/mol. The van der Waals surface area contributed by atoms with Gasteiger partial charge in [0.25, 0.3) is 0 Å². The van der Waals surface area contributed by atoms with Gasteiger partial charge in [-0.1, -0.05) is 0 Å². The minimum atomic E-state index is 0.428. The molecule has 0 radical (unpaired) electrons.